The van der Waals surface area contributed by atoms with Crippen LogP contribution in [0.1, 0.15) is 90.0 Å². The summed E-state index contributed by atoms with van der Waals surface area (Å²) in [6.07, 6.45) is 9.31. The molecule has 3 amide bonds. The molecule has 8 rings (SSSR count). The Hall–Kier alpha value is -4.69. The number of amides is 3. The van der Waals surface area contributed by atoms with E-state index in [1.807, 2.05) is 55.6 Å². The fourth-order valence-electron chi connectivity index (χ4n) is 9.06. The Morgan fingerprint density at radius 1 is 1.05 bits per heavy atom. The largest absolute Gasteiger partial charge is 0.497 e. The van der Waals surface area contributed by atoms with Crippen LogP contribution in [-0.4, -0.2) is 86.9 Å². The second kappa shape index (κ2) is 19.2. The maximum atomic E-state index is 14.9. The van der Waals surface area contributed by atoms with E-state index < -0.39 is 54.7 Å². The van der Waals surface area contributed by atoms with Crippen molar-refractivity contribution in [2.45, 2.75) is 126 Å². The van der Waals surface area contributed by atoms with E-state index in [0.717, 1.165) is 50.1 Å². The standard InChI is InChI=1S/C46H56ClN6O8PS/c1-28(2)48-44-50-39(27-63-44)38-23-41(34-20-19-32(59-3)21-37(34)49-38)60-33-22-40-42(54)52-46(62(57,58)26-29-13-9-12-17-35(29)47)24-30(46)14-7-5-4-6-8-18-36(43(55)53(40)25-33)51-45(56)61-31-15-10-11-16-31/h7,9,12-14,17,19-21,23,27-28,30-31,33,36,40H,4-6,8,10-11,15-16,18,22,24-26H2,1-3H3,(H,48,50)(H,51,56)(H,52,54)(H,57,58)/b14-7-/t30-,33+,36-,40-,46-/m0/s1. The molecule has 1 unspecified atom stereocenters. The third kappa shape index (κ3) is 10.2. The lowest BCUT2D eigenvalue weighted by Gasteiger charge is -2.31. The minimum Gasteiger partial charge on any atom is -0.497 e. The maximum Gasteiger partial charge on any atom is 0.408 e. The summed E-state index contributed by atoms with van der Waals surface area (Å²) in [5, 5.41) is 11.5. The number of allylic oxidation sites excluding steroid dienone is 1. The molecule has 2 aromatic heterocycles. The number of thiazole rings is 1. The molecule has 17 heteroatoms. The molecule has 4 heterocycles. The van der Waals surface area contributed by atoms with Crippen molar-refractivity contribution in [2.75, 3.05) is 19.0 Å². The Kier molecular flexibility index (Phi) is 13.7. The summed E-state index contributed by atoms with van der Waals surface area (Å²) in [6.45, 7) is 4.09. The second-order valence-electron chi connectivity index (χ2n) is 17.5. The van der Waals surface area contributed by atoms with E-state index in [0.29, 0.717) is 57.2 Å². The number of halogens is 1. The van der Waals surface area contributed by atoms with E-state index in [-0.39, 0.29) is 37.7 Å². The Morgan fingerprint density at radius 2 is 1.84 bits per heavy atom. The van der Waals surface area contributed by atoms with Gasteiger partial charge in [-0.25, -0.2) is 14.8 Å². The van der Waals surface area contributed by atoms with Crippen molar-refractivity contribution < 1.29 is 38.1 Å². The normalized spacial score (nSPS) is 25.8. The number of pyridine rings is 1. The number of fused-ring (bicyclic) bond motifs is 3. The highest BCUT2D eigenvalue weighted by atomic mass is 35.5. The maximum absolute atomic E-state index is 14.9. The zero-order chi connectivity index (χ0) is 44.3. The van der Waals surface area contributed by atoms with E-state index in [2.05, 4.69) is 16.0 Å². The number of nitrogens with zero attached hydrogens (tertiary/aromatic N) is 3. The van der Waals surface area contributed by atoms with E-state index in [1.165, 1.54) is 16.2 Å². The van der Waals surface area contributed by atoms with E-state index in [4.69, 9.17) is 35.8 Å². The van der Waals surface area contributed by atoms with Crippen LogP contribution in [0, 0.1) is 5.92 Å². The molecule has 1 saturated heterocycles. The van der Waals surface area contributed by atoms with Crippen molar-refractivity contribution in [3.05, 3.63) is 76.6 Å². The van der Waals surface area contributed by atoms with E-state index in [9.17, 15) is 23.8 Å². The number of carbonyl (C=O) groups excluding carboxylic acids is 3. The molecular formula is C46H56ClN6O8PS. The summed E-state index contributed by atoms with van der Waals surface area (Å²) < 4.78 is 32.7. The van der Waals surface area contributed by atoms with Crippen molar-refractivity contribution >= 4 is 64.2 Å². The van der Waals surface area contributed by atoms with Crippen LogP contribution in [0.4, 0.5) is 9.93 Å². The first-order valence-corrected chi connectivity index (χ1v) is 25.1. The van der Waals surface area contributed by atoms with Gasteiger partial charge in [0.15, 0.2) is 5.13 Å². The van der Waals surface area contributed by atoms with Gasteiger partial charge in [-0.05, 0) is 89.0 Å². The third-order valence-electron chi connectivity index (χ3n) is 12.5. The van der Waals surface area contributed by atoms with Gasteiger partial charge in [-0.3, -0.25) is 14.2 Å². The predicted molar refractivity (Wildman–Crippen MR) is 245 cm³/mol. The summed E-state index contributed by atoms with van der Waals surface area (Å²) in [5.41, 5.74) is 2.33. The van der Waals surface area contributed by atoms with Crippen LogP contribution in [0.15, 0.2) is 66.1 Å². The molecule has 2 aromatic carbocycles. The molecule has 4 aliphatic rings. The number of ether oxygens (including phenoxy) is 3. The summed E-state index contributed by atoms with van der Waals surface area (Å²) >= 11 is 7.96. The van der Waals surface area contributed by atoms with Gasteiger partial charge in [0.1, 0.15) is 46.8 Å². The van der Waals surface area contributed by atoms with Gasteiger partial charge in [0, 0.05) is 46.3 Å². The smallest absolute Gasteiger partial charge is 0.408 e. The lowest BCUT2D eigenvalue weighted by molar-refractivity contribution is -0.140. The average Bonchev–Trinajstić information content (AvgIpc) is 3.66. The Bertz CT molecular complexity index is 2410. The minimum atomic E-state index is -4.17. The Labute approximate surface area is 377 Å². The van der Waals surface area contributed by atoms with Gasteiger partial charge in [0.2, 0.25) is 19.2 Å². The molecule has 0 spiro atoms. The van der Waals surface area contributed by atoms with Crippen molar-refractivity contribution in [3.8, 4) is 22.9 Å². The van der Waals surface area contributed by atoms with Gasteiger partial charge in [-0.1, -0.05) is 54.8 Å². The third-order valence-corrected chi connectivity index (χ3v) is 16.3. The first kappa shape index (κ1) is 44.9. The molecule has 14 nitrogen and oxygen atoms in total. The molecule has 2 aliphatic carbocycles. The molecule has 3 fully saturated rings. The number of carbonyl (C=O) groups is 3. The molecule has 2 aliphatic heterocycles. The Morgan fingerprint density at radius 3 is 2.62 bits per heavy atom. The van der Waals surface area contributed by atoms with Gasteiger partial charge in [0.25, 0.3) is 0 Å². The van der Waals surface area contributed by atoms with Gasteiger partial charge >= 0.3 is 6.09 Å². The fourth-order valence-corrected chi connectivity index (χ4v) is 12.6. The minimum absolute atomic E-state index is 0.00791. The van der Waals surface area contributed by atoms with Gasteiger partial charge < -0.3 is 40.0 Å². The predicted octanol–water partition coefficient (Wildman–Crippen LogP) is 9.05. The van der Waals surface area contributed by atoms with Crippen LogP contribution >= 0.6 is 30.3 Å². The molecule has 0 bridgehead atoms. The number of nitrogens with one attached hydrogen (secondary N) is 3. The van der Waals surface area contributed by atoms with E-state index >= 15 is 0 Å². The molecule has 4 N–H and O–H groups in total. The SMILES string of the molecule is COc1ccc2c(O[C@@H]3C[C@H]4C(=O)N[C@]5(P(=O)(O)Cc6ccccc6Cl)C[C@@H]5/C=C\CCCCC[C@H](NC(=O)OC5CCCC5)C(=O)N4C3)cc(-c3csc(NC(C)C)n3)nc2c1. The lowest BCUT2D eigenvalue weighted by atomic mass is 10.0. The zero-order valence-electron chi connectivity index (χ0n) is 35.9. The Balaban J connectivity index is 1.13. The van der Waals surface area contributed by atoms with Gasteiger partial charge in [-0.2, -0.15) is 0 Å². The number of rotatable bonds is 11. The number of hydrogen-bond acceptors (Lipinski definition) is 11. The number of anilines is 1. The highest BCUT2D eigenvalue weighted by Crippen LogP contribution is 2.71. The van der Waals surface area contributed by atoms with Crippen LogP contribution in [0.5, 0.6) is 11.5 Å². The van der Waals surface area contributed by atoms with Crippen LogP contribution in [0.2, 0.25) is 5.02 Å². The molecule has 63 heavy (non-hydrogen) atoms. The number of aromatic nitrogens is 2. The number of hydrogen-bond donors (Lipinski definition) is 4. The number of alkyl carbamates (subject to hydrolysis) is 1. The quantitative estimate of drug-likeness (QED) is 0.0833. The van der Waals surface area contributed by atoms with Crippen LogP contribution in [0.3, 0.4) is 0 Å². The monoisotopic (exact) mass is 918 g/mol. The lowest BCUT2D eigenvalue weighted by Crippen LogP contribution is -2.55. The van der Waals surface area contributed by atoms with Crippen LogP contribution in [0.25, 0.3) is 22.3 Å². The summed E-state index contributed by atoms with van der Waals surface area (Å²) in [7, 11) is -2.59. The highest BCUT2D eigenvalue weighted by molar-refractivity contribution is 7.59. The summed E-state index contributed by atoms with van der Waals surface area (Å²) in [5.74, 6) is -0.334. The van der Waals surface area contributed by atoms with E-state index in [1.54, 1.807) is 31.4 Å². The fraction of sp³-hybridized carbons (Fsp3) is 0.500. The molecule has 336 valence electrons. The summed E-state index contributed by atoms with van der Waals surface area (Å²) in [6, 6.07) is 12.3. The van der Waals surface area contributed by atoms with Gasteiger partial charge in [-0.15, -0.1) is 11.3 Å². The van der Waals surface area contributed by atoms with Crippen molar-refractivity contribution in [3.63, 3.8) is 0 Å². The summed E-state index contributed by atoms with van der Waals surface area (Å²) in [4.78, 5) is 66.2. The van der Waals surface area contributed by atoms with Crippen LogP contribution < -0.4 is 25.4 Å². The molecule has 0 radical (unpaired) electrons. The van der Waals surface area contributed by atoms with Crippen molar-refractivity contribution in [2.24, 2.45) is 5.92 Å². The molecule has 4 aromatic rings. The van der Waals surface area contributed by atoms with Crippen molar-refractivity contribution in [1.82, 2.24) is 25.5 Å². The second-order valence-corrected chi connectivity index (χ2v) is 21.2. The van der Waals surface area contributed by atoms with Crippen molar-refractivity contribution in [1.29, 1.82) is 0 Å². The van der Waals surface area contributed by atoms with Gasteiger partial charge in [0.05, 0.1) is 31.0 Å². The topological polar surface area (TPSA) is 181 Å². The molecular weight excluding hydrogens is 863 g/mol. The number of benzene rings is 2. The first-order chi connectivity index (χ1) is 30.3. The van der Waals surface area contributed by atoms with Crippen LogP contribution in [-0.2, 0) is 25.1 Å². The molecule has 2 saturated carbocycles. The highest BCUT2D eigenvalue weighted by Gasteiger charge is 2.66. The number of methoxy groups -OCH3 is 1. The zero-order valence-corrected chi connectivity index (χ0v) is 38.4. The first-order valence-electron chi connectivity index (χ1n) is 22.0. The average molecular weight is 919 g/mol. The molecule has 6 atom stereocenters.